The Hall–Kier alpha value is 1.16. The predicted molar refractivity (Wildman–Crippen MR) is 109 cm³/mol. The first kappa shape index (κ1) is 21.2. The van der Waals surface area contributed by atoms with E-state index in [-0.39, 0.29) is 0 Å². The van der Waals surface area contributed by atoms with E-state index in [1.807, 2.05) is 0 Å². The van der Waals surface area contributed by atoms with E-state index in [9.17, 15) is 0 Å². The Morgan fingerprint density at radius 1 is 0.500 bits per heavy atom. The molecule has 0 rings (SSSR count). The molecule has 0 aliphatic heterocycles. The number of unbranched alkanes of at least 4 members (excludes halogenated alkanes) is 6. The molecule has 0 aliphatic carbocycles. The van der Waals surface area contributed by atoms with Crippen molar-refractivity contribution in [1.29, 1.82) is 0 Å². The Balaban J connectivity index is 4.58. The summed E-state index contributed by atoms with van der Waals surface area (Å²) in [5.41, 5.74) is 0. The van der Waals surface area contributed by atoms with Gasteiger partial charge in [0.15, 0.2) is 0 Å². The van der Waals surface area contributed by atoms with Gasteiger partial charge >= 0.3 is 143 Å². The third kappa shape index (κ3) is 8.57. The molecular weight excluding hydrogens is 374 g/mol. The normalized spacial score (nSPS) is 14.2. The maximum absolute atomic E-state index is 3.04. The number of halogens is 1. The fourth-order valence-electron chi connectivity index (χ4n) is 3.66. The molecule has 0 aromatic carbocycles. The average Bonchev–Trinajstić information content (AvgIpc) is 2.41. The van der Waals surface area contributed by atoms with E-state index in [0.29, 0.717) is 0 Å². The maximum atomic E-state index is 3.04. The molecule has 0 heterocycles. The zero-order valence-corrected chi connectivity index (χ0v) is 17.8. The van der Waals surface area contributed by atoms with E-state index in [4.69, 9.17) is 0 Å². The van der Waals surface area contributed by atoms with Crippen LogP contribution in [0.1, 0.15) is 91.9 Å². The van der Waals surface area contributed by atoms with Crippen LogP contribution in [0.5, 0.6) is 0 Å². The molecule has 0 saturated carbocycles. The predicted octanol–water partition coefficient (Wildman–Crippen LogP) is 7.87. The molecule has 20 heavy (non-hydrogen) atoms. The zero-order valence-electron chi connectivity index (χ0n) is 14.7. The van der Waals surface area contributed by atoms with Gasteiger partial charge in [-0.25, -0.2) is 0 Å². The van der Waals surface area contributed by atoms with Crippen LogP contribution in [-0.2, 0) is 0 Å². The minimum atomic E-state index is -1.41. The Labute approximate surface area is 142 Å². The quantitative estimate of drug-likeness (QED) is 0.154. The molecule has 0 N–H and O–H groups in total. The van der Waals surface area contributed by atoms with E-state index < -0.39 is 4.25 Å². The molecule has 2 heteroatoms. The zero-order chi connectivity index (χ0) is 15.3. The Bertz CT molecular complexity index is 205. The molecule has 0 aromatic heterocycles. The second-order valence-electron chi connectivity index (χ2n) is 6.84. The van der Waals surface area contributed by atoms with Gasteiger partial charge < -0.3 is 0 Å². The summed E-state index contributed by atoms with van der Waals surface area (Å²) in [5, 5.41) is 0. The summed E-state index contributed by atoms with van der Waals surface area (Å²) >= 11 is 3.04. The summed E-state index contributed by atoms with van der Waals surface area (Å²) in [5.74, 6) is 0. The molecule has 0 unspecified atom stereocenters. The molecule has 124 valence electrons. The van der Waals surface area contributed by atoms with Crippen LogP contribution >= 0.6 is 26.3 Å². The van der Waals surface area contributed by atoms with Gasteiger partial charge in [0.2, 0.25) is 0 Å². The number of hydrogen-bond acceptors (Lipinski definition) is 0. The summed E-state index contributed by atoms with van der Waals surface area (Å²) in [4.78, 5) is 0. The molecule has 0 radical (unpaired) electrons. The first-order valence-corrected chi connectivity index (χ1v) is 15.0. The molecule has 0 amide bonds. The van der Waals surface area contributed by atoms with Gasteiger partial charge in [-0.15, -0.1) is 0 Å². The molecule has 0 nitrogen and oxygen atoms in total. The van der Waals surface area contributed by atoms with Crippen molar-refractivity contribution >= 4 is 26.3 Å². The van der Waals surface area contributed by atoms with Gasteiger partial charge in [0, 0.05) is 0 Å². The van der Waals surface area contributed by atoms with Crippen LogP contribution < -0.4 is 0 Å². The number of rotatable bonds is 14. The second-order valence-corrected chi connectivity index (χ2v) is 20.5. The minimum absolute atomic E-state index is 1.37. The van der Waals surface area contributed by atoms with Gasteiger partial charge in [0.05, 0.1) is 0 Å². The van der Waals surface area contributed by atoms with E-state index in [2.05, 4.69) is 49.7 Å². The van der Waals surface area contributed by atoms with Crippen molar-refractivity contribution in [2.75, 3.05) is 24.6 Å². The van der Waals surface area contributed by atoms with Crippen LogP contribution in [0, 0.1) is 0 Å². The van der Waals surface area contributed by atoms with Crippen LogP contribution in [0.3, 0.4) is 0 Å². The fraction of sp³-hybridized carbons (Fsp3) is 1.00. The molecule has 0 saturated heterocycles. The van der Waals surface area contributed by atoms with E-state index >= 15 is 0 Å². The number of hydrogen-bond donors (Lipinski definition) is 0. The Morgan fingerprint density at radius 2 is 0.900 bits per heavy atom. The van der Waals surface area contributed by atoms with Crippen molar-refractivity contribution in [3.05, 3.63) is 0 Å². The average molecular weight is 414 g/mol. The van der Waals surface area contributed by atoms with Crippen molar-refractivity contribution in [2.45, 2.75) is 91.9 Å². The summed E-state index contributed by atoms with van der Waals surface area (Å²) in [6, 6.07) is 0. The molecule has 0 aromatic rings. The molecule has 0 fully saturated rings. The van der Waals surface area contributed by atoms with Crippen molar-refractivity contribution in [2.24, 2.45) is 0 Å². The van der Waals surface area contributed by atoms with Crippen molar-refractivity contribution in [1.82, 2.24) is 0 Å². The third-order valence-electron chi connectivity index (χ3n) is 4.71. The van der Waals surface area contributed by atoms with Gasteiger partial charge in [0.25, 0.3) is 0 Å². The van der Waals surface area contributed by atoms with Gasteiger partial charge in [0.1, 0.15) is 0 Å². The van der Waals surface area contributed by atoms with Gasteiger partial charge in [-0.1, -0.05) is 0 Å². The second kappa shape index (κ2) is 11.7. The first-order chi connectivity index (χ1) is 9.54. The Kier molecular flexibility index (Phi) is 12.4. The van der Waals surface area contributed by atoms with Crippen LogP contribution in [0.4, 0.5) is 0 Å². The summed E-state index contributed by atoms with van der Waals surface area (Å²) in [6.07, 6.45) is 20.7. The first-order valence-electron chi connectivity index (χ1n) is 9.26. The summed E-state index contributed by atoms with van der Waals surface area (Å²) in [7, 11) is 0. The standard InChI is InChI=1S/C18H40IP/c1-5-9-11-13-17-20(19,15-7-3,16-8-4)18-14-12-10-6-2/h5-18H2,1-4H3. The molecule has 0 bridgehead atoms. The SMILES string of the molecule is CCCCCCP(I)(CCC)(CCC)CCCCCC. The topological polar surface area (TPSA) is 0 Å². The molecule has 0 aliphatic rings. The molecule has 0 spiro atoms. The van der Waals surface area contributed by atoms with Crippen molar-refractivity contribution in [3.63, 3.8) is 0 Å². The van der Waals surface area contributed by atoms with Crippen LogP contribution in [0.2, 0.25) is 0 Å². The molecule has 0 atom stereocenters. The van der Waals surface area contributed by atoms with E-state index in [1.165, 1.54) is 64.2 Å². The van der Waals surface area contributed by atoms with E-state index in [0.717, 1.165) is 0 Å². The van der Waals surface area contributed by atoms with Crippen molar-refractivity contribution < 1.29 is 0 Å². The van der Waals surface area contributed by atoms with Crippen LogP contribution in [0.15, 0.2) is 0 Å². The fourth-order valence-corrected chi connectivity index (χ4v) is 14.2. The third-order valence-corrected chi connectivity index (χ3v) is 16.5. The van der Waals surface area contributed by atoms with Gasteiger partial charge in [-0.2, -0.15) is 0 Å². The monoisotopic (exact) mass is 414 g/mol. The molecular formula is C18H40IP. The van der Waals surface area contributed by atoms with Gasteiger partial charge in [-0.05, 0) is 0 Å². The van der Waals surface area contributed by atoms with E-state index in [1.54, 1.807) is 24.6 Å². The summed E-state index contributed by atoms with van der Waals surface area (Å²) in [6.45, 7) is 9.47. The van der Waals surface area contributed by atoms with Crippen molar-refractivity contribution in [3.8, 4) is 0 Å². The van der Waals surface area contributed by atoms with Crippen LogP contribution in [0.25, 0.3) is 0 Å². The summed E-state index contributed by atoms with van der Waals surface area (Å²) < 4.78 is -1.41. The van der Waals surface area contributed by atoms with Crippen LogP contribution in [-0.4, -0.2) is 24.6 Å². The van der Waals surface area contributed by atoms with Gasteiger partial charge in [-0.3, -0.25) is 0 Å². The Morgan fingerprint density at radius 3 is 1.20 bits per heavy atom.